The SMILES string of the molecule is Cc1cc([C@H](C)N)c(C)n1CC(C)C. The Kier molecular flexibility index (Phi) is 3.38. The van der Waals surface area contributed by atoms with Crippen LogP contribution in [0, 0.1) is 19.8 Å². The van der Waals surface area contributed by atoms with Crippen LogP contribution in [0.2, 0.25) is 0 Å². The monoisotopic (exact) mass is 194 g/mol. The van der Waals surface area contributed by atoms with E-state index < -0.39 is 0 Å². The third-order valence-corrected chi connectivity index (χ3v) is 2.65. The zero-order valence-electron chi connectivity index (χ0n) is 9.96. The van der Waals surface area contributed by atoms with Crippen LogP contribution in [0.5, 0.6) is 0 Å². The minimum atomic E-state index is 0.141. The molecule has 0 aliphatic rings. The van der Waals surface area contributed by atoms with Crippen LogP contribution in [0.25, 0.3) is 0 Å². The lowest BCUT2D eigenvalue weighted by molar-refractivity contribution is 0.507. The maximum Gasteiger partial charge on any atom is 0.0284 e. The summed E-state index contributed by atoms with van der Waals surface area (Å²) >= 11 is 0. The van der Waals surface area contributed by atoms with Crippen LogP contribution in [0.15, 0.2) is 6.07 Å². The van der Waals surface area contributed by atoms with Crippen LogP contribution in [0.1, 0.15) is 43.8 Å². The van der Waals surface area contributed by atoms with Crippen molar-refractivity contribution in [3.8, 4) is 0 Å². The Morgan fingerprint density at radius 3 is 2.21 bits per heavy atom. The summed E-state index contributed by atoms with van der Waals surface area (Å²) in [6.45, 7) is 11.9. The zero-order chi connectivity index (χ0) is 10.9. The number of nitrogens with zero attached hydrogens (tertiary/aromatic N) is 1. The van der Waals surface area contributed by atoms with Crippen LogP contribution in [-0.4, -0.2) is 4.57 Å². The van der Waals surface area contributed by atoms with Crippen molar-refractivity contribution in [3.05, 3.63) is 23.0 Å². The smallest absolute Gasteiger partial charge is 0.0284 e. The Hall–Kier alpha value is -0.760. The predicted octanol–water partition coefficient (Wildman–Crippen LogP) is 2.78. The summed E-state index contributed by atoms with van der Waals surface area (Å²) in [6.07, 6.45) is 0. The number of aryl methyl sites for hydroxylation is 1. The van der Waals surface area contributed by atoms with E-state index in [4.69, 9.17) is 5.73 Å². The molecule has 0 aliphatic carbocycles. The molecular weight excluding hydrogens is 172 g/mol. The second kappa shape index (κ2) is 4.18. The Morgan fingerprint density at radius 2 is 1.86 bits per heavy atom. The Bertz CT molecular complexity index is 308. The van der Waals surface area contributed by atoms with Crippen molar-refractivity contribution in [1.29, 1.82) is 0 Å². The molecule has 1 rings (SSSR count). The van der Waals surface area contributed by atoms with Crippen molar-refractivity contribution < 1.29 is 0 Å². The highest BCUT2D eigenvalue weighted by Gasteiger charge is 2.12. The van der Waals surface area contributed by atoms with Crippen molar-refractivity contribution in [2.24, 2.45) is 11.7 Å². The molecule has 0 spiro atoms. The third kappa shape index (κ3) is 2.18. The zero-order valence-corrected chi connectivity index (χ0v) is 9.96. The lowest BCUT2D eigenvalue weighted by Crippen LogP contribution is -2.10. The molecule has 2 heteroatoms. The number of rotatable bonds is 3. The molecule has 1 aromatic heterocycles. The van der Waals surface area contributed by atoms with Crippen molar-refractivity contribution >= 4 is 0 Å². The van der Waals surface area contributed by atoms with Gasteiger partial charge in [0.1, 0.15) is 0 Å². The van der Waals surface area contributed by atoms with Gasteiger partial charge in [-0.3, -0.25) is 0 Å². The van der Waals surface area contributed by atoms with Gasteiger partial charge in [-0.15, -0.1) is 0 Å². The lowest BCUT2D eigenvalue weighted by Gasteiger charge is -2.13. The Labute approximate surface area is 87.1 Å². The molecule has 2 nitrogen and oxygen atoms in total. The number of hydrogen-bond donors (Lipinski definition) is 1. The summed E-state index contributed by atoms with van der Waals surface area (Å²) in [5.74, 6) is 0.681. The molecule has 0 saturated carbocycles. The first-order valence-electron chi connectivity index (χ1n) is 5.35. The van der Waals surface area contributed by atoms with Gasteiger partial charge in [0.05, 0.1) is 0 Å². The van der Waals surface area contributed by atoms with E-state index in [9.17, 15) is 0 Å². The highest BCUT2D eigenvalue weighted by molar-refractivity contribution is 5.29. The largest absolute Gasteiger partial charge is 0.349 e. The third-order valence-electron chi connectivity index (χ3n) is 2.65. The summed E-state index contributed by atoms with van der Waals surface area (Å²) < 4.78 is 2.36. The highest BCUT2D eigenvalue weighted by Crippen LogP contribution is 2.21. The predicted molar refractivity (Wildman–Crippen MR) is 61.3 cm³/mol. The van der Waals surface area contributed by atoms with Gasteiger partial charge in [0, 0.05) is 24.0 Å². The molecule has 0 amide bonds. The molecule has 1 heterocycles. The van der Waals surface area contributed by atoms with Crippen molar-refractivity contribution in [3.63, 3.8) is 0 Å². The van der Waals surface area contributed by atoms with E-state index in [1.165, 1.54) is 17.0 Å². The van der Waals surface area contributed by atoms with Crippen LogP contribution >= 0.6 is 0 Å². The highest BCUT2D eigenvalue weighted by atomic mass is 15.0. The molecule has 1 aromatic rings. The first-order valence-corrected chi connectivity index (χ1v) is 5.35. The second-order valence-electron chi connectivity index (χ2n) is 4.62. The fourth-order valence-corrected chi connectivity index (χ4v) is 1.93. The van der Waals surface area contributed by atoms with Gasteiger partial charge >= 0.3 is 0 Å². The molecule has 0 aromatic carbocycles. The first-order chi connectivity index (χ1) is 6.43. The molecule has 0 bridgehead atoms. The van der Waals surface area contributed by atoms with Gasteiger partial charge in [0.15, 0.2) is 0 Å². The topological polar surface area (TPSA) is 30.9 Å². The van der Waals surface area contributed by atoms with Crippen LogP contribution in [0.3, 0.4) is 0 Å². The van der Waals surface area contributed by atoms with Gasteiger partial charge in [0.2, 0.25) is 0 Å². The van der Waals surface area contributed by atoms with E-state index >= 15 is 0 Å². The first kappa shape index (κ1) is 11.3. The number of nitrogens with two attached hydrogens (primary N) is 1. The summed E-state index contributed by atoms with van der Waals surface area (Å²) in [5.41, 5.74) is 9.84. The number of aromatic nitrogens is 1. The van der Waals surface area contributed by atoms with Crippen LogP contribution in [-0.2, 0) is 6.54 Å². The molecule has 80 valence electrons. The van der Waals surface area contributed by atoms with E-state index in [0.29, 0.717) is 5.92 Å². The normalized spacial score (nSPS) is 13.6. The second-order valence-corrected chi connectivity index (χ2v) is 4.62. The average molecular weight is 194 g/mol. The summed E-state index contributed by atoms with van der Waals surface area (Å²) in [4.78, 5) is 0. The standard InChI is InChI=1S/C12H22N2/c1-8(2)7-14-9(3)6-12(10(4)13)11(14)5/h6,8,10H,7,13H2,1-5H3/t10-/m0/s1. The van der Waals surface area contributed by atoms with E-state index in [0.717, 1.165) is 6.54 Å². The fraction of sp³-hybridized carbons (Fsp3) is 0.667. The quantitative estimate of drug-likeness (QED) is 0.788. The van der Waals surface area contributed by atoms with Crippen molar-refractivity contribution in [1.82, 2.24) is 4.57 Å². The van der Waals surface area contributed by atoms with Gasteiger partial charge in [-0.1, -0.05) is 13.8 Å². The minimum absolute atomic E-state index is 0.141. The molecule has 0 aliphatic heterocycles. The van der Waals surface area contributed by atoms with Gasteiger partial charge in [-0.2, -0.15) is 0 Å². The molecule has 1 atom stereocenters. The molecule has 14 heavy (non-hydrogen) atoms. The number of hydrogen-bond acceptors (Lipinski definition) is 1. The minimum Gasteiger partial charge on any atom is -0.349 e. The van der Waals surface area contributed by atoms with Gasteiger partial charge in [-0.25, -0.2) is 0 Å². The average Bonchev–Trinajstić information content (AvgIpc) is 2.31. The summed E-state index contributed by atoms with van der Waals surface area (Å²) in [5, 5.41) is 0. The molecule has 0 saturated heterocycles. The van der Waals surface area contributed by atoms with Gasteiger partial charge < -0.3 is 10.3 Å². The molecule has 0 radical (unpaired) electrons. The van der Waals surface area contributed by atoms with E-state index in [2.05, 4.69) is 38.3 Å². The molecule has 0 unspecified atom stereocenters. The van der Waals surface area contributed by atoms with E-state index in [1.807, 2.05) is 6.92 Å². The summed E-state index contributed by atoms with van der Waals surface area (Å²) in [7, 11) is 0. The summed E-state index contributed by atoms with van der Waals surface area (Å²) in [6, 6.07) is 2.35. The van der Waals surface area contributed by atoms with E-state index in [-0.39, 0.29) is 6.04 Å². The molecule has 2 N–H and O–H groups in total. The Balaban J connectivity index is 3.05. The van der Waals surface area contributed by atoms with Crippen LogP contribution < -0.4 is 5.73 Å². The van der Waals surface area contributed by atoms with Crippen molar-refractivity contribution in [2.75, 3.05) is 0 Å². The Morgan fingerprint density at radius 1 is 1.29 bits per heavy atom. The molecular formula is C12H22N2. The van der Waals surface area contributed by atoms with Crippen LogP contribution in [0.4, 0.5) is 0 Å². The maximum atomic E-state index is 5.91. The lowest BCUT2D eigenvalue weighted by atomic mass is 10.1. The van der Waals surface area contributed by atoms with Gasteiger partial charge in [0.25, 0.3) is 0 Å². The van der Waals surface area contributed by atoms with Crippen molar-refractivity contribution in [2.45, 2.75) is 47.2 Å². The molecule has 0 fully saturated rings. The van der Waals surface area contributed by atoms with Gasteiger partial charge in [-0.05, 0) is 38.3 Å². The maximum absolute atomic E-state index is 5.91. The van der Waals surface area contributed by atoms with E-state index in [1.54, 1.807) is 0 Å². The fourth-order valence-electron chi connectivity index (χ4n) is 1.93.